The van der Waals surface area contributed by atoms with E-state index in [9.17, 15) is 4.79 Å². The Labute approximate surface area is 118 Å². The number of hydrogen-bond acceptors (Lipinski definition) is 3. The largest absolute Gasteiger partial charge is 0.348 e. The molecule has 1 heterocycles. The Morgan fingerprint density at radius 1 is 1.50 bits per heavy atom. The predicted octanol–water partition coefficient (Wildman–Crippen LogP) is 3.77. The molecule has 2 rings (SSSR count). The third-order valence-electron chi connectivity index (χ3n) is 3.44. The highest BCUT2D eigenvalue weighted by Crippen LogP contribution is 2.30. The van der Waals surface area contributed by atoms with Crippen LogP contribution in [0.4, 0.5) is 0 Å². The van der Waals surface area contributed by atoms with Crippen LogP contribution in [0.5, 0.6) is 0 Å². The molecule has 4 heteroatoms. The van der Waals surface area contributed by atoms with Gasteiger partial charge in [-0.25, -0.2) is 0 Å². The average molecular weight is 283 g/mol. The van der Waals surface area contributed by atoms with Crippen molar-refractivity contribution in [2.75, 3.05) is 5.75 Å². The smallest absolute Gasteiger partial charge is 0.252 e. The molecular formula is C14H21NOS2. The molecule has 0 spiro atoms. The molecule has 1 aromatic heterocycles. The summed E-state index contributed by atoms with van der Waals surface area (Å²) in [4.78, 5) is 14.6. The number of nitrogens with one attached hydrogen (secondary N) is 1. The van der Waals surface area contributed by atoms with Crippen LogP contribution < -0.4 is 5.32 Å². The molecule has 0 unspecified atom stereocenters. The molecule has 0 bridgehead atoms. The Balaban J connectivity index is 2.00. The number of thioether (sulfide) groups is 1. The first-order valence-corrected chi connectivity index (χ1v) is 8.47. The maximum Gasteiger partial charge on any atom is 0.252 e. The molecule has 1 aliphatic rings. The molecule has 2 nitrogen and oxygen atoms in total. The first-order chi connectivity index (χ1) is 8.61. The van der Waals surface area contributed by atoms with Gasteiger partial charge in [-0.1, -0.05) is 13.3 Å². The first-order valence-electron chi connectivity index (χ1n) is 6.61. The summed E-state index contributed by atoms with van der Waals surface area (Å²) in [5.41, 5.74) is 0.865. The van der Waals surface area contributed by atoms with Crippen molar-refractivity contribution >= 4 is 29.0 Å². The molecule has 18 heavy (non-hydrogen) atoms. The normalized spacial score (nSPS) is 23.3. The van der Waals surface area contributed by atoms with Gasteiger partial charge in [0.05, 0.1) is 5.56 Å². The summed E-state index contributed by atoms with van der Waals surface area (Å²) in [5.74, 6) is 1.25. The Morgan fingerprint density at radius 2 is 2.28 bits per heavy atom. The lowest BCUT2D eigenvalue weighted by molar-refractivity contribution is 0.0938. The minimum absolute atomic E-state index is 0.116. The number of rotatable bonds is 4. The van der Waals surface area contributed by atoms with Gasteiger partial charge in [-0.15, -0.1) is 11.3 Å². The number of carbonyl (C=O) groups excluding carboxylic acids is 1. The monoisotopic (exact) mass is 283 g/mol. The van der Waals surface area contributed by atoms with Crippen molar-refractivity contribution in [3.63, 3.8) is 0 Å². The second-order valence-electron chi connectivity index (χ2n) is 4.83. The van der Waals surface area contributed by atoms with Gasteiger partial charge in [-0.05, 0) is 38.5 Å². The van der Waals surface area contributed by atoms with E-state index in [1.807, 2.05) is 24.8 Å². The summed E-state index contributed by atoms with van der Waals surface area (Å²) in [6.45, 7) is 6.27. The third kappa shape index (κ3) is 3.09. The molecular weight excluding hydrogens is 262 g/mol. The second kappa shape index (κ2) is 6.11. The lowest BCUT2D eigenvalue weighted by atomic mass is 10.2. The number of amides is 1. The zero-order valence-corrected chi connectivity index (χ0v) is 12.9. The Morgan fingerprint density at radius 3 is 2.89 bits per heavy atom. The van der Waals surface area contributed by atoms with Gasteiger partial charge in [0.2, 0.25) is 0 Å². The molecule has 2 atom stereocenters. The van der Waals surface area contributed by atoms with Crippen molar-refractivity contribution in [3.8, 4) is 0 Å². The maximum atomic E-state index is 12.3. The van der Waals surface area contributed by atoms with Gasteiger partial charge in [-0.2, -0.15) is 11.8 Å². The summed E-state index contributed by atoms with van der Waals surface area (Å²) in [6.07, 6.45) is 3.61. The summed E-state index contributed by atoms with van der Waals surface area (Å²) in [7, 11) is 0. The van der Waals surface area contributed by atoms with Crippen LogP contribution in [0.15, 0.2) is 6.07 Å². The molecule has 1 amide bonds. The minimum atomic E-state index is 0.116. The Kier molecular flexibility index (Phi) is 4.73. The second-order valence-corrected chi connectivity index (χ2v) is 7.81. The fourth-order valence-electron chi connectivity index (χ4n) is 2.61. The number of aryl methyl sites for hydroxylation is 2. The van der Waals surface area contributed by atoms with E-state index in [4.69, 9.17) is 0 Å². The van der Waals surface area contributed by atoms with Gasteiger partial charge in [0.1, 0.15) is 0 Å². The van der Waals surface area contributed by atoms with Gasteiger partial charge >= 0.3 is 0 Å². The molecule has 1 N–H and O–H groups in total. The molecule has 1 fully saturated rings. The summed E-state index contributed by atoms with van der Waals surface area (Å²) < 4.78 is 0. The molecule has 0 radical (unpaired) electrons. The SMILES string of the molecule is CCS[C@@H]1CCC[C@@H]1NC(=O)c1cc(C)sc1C. The summed E-state index contributed by atoms with van der Waals surface area (Å²) in [5, 5.41) is 3.84. The molecule has 1 aromatic rings. The highest BCUT2D eigenvalue weighted by Gasteiger charge is 2.29. The topological polar surface area (TPSA) is 29.1 Å². The number of carbonyl (C=O) groups is 1. The van der Waals surface area contributed by atoms with E-state index < -0.39 is 0 Å². The van der Waals surface area contributed by atoms with Crippen LogP contribution in [-0.4, -0.2) is 23.0 Å². The van der Waals surface area contributed by atoms with Gasteiger partial charge < -0.3 is 5.32 Å². The zero-order chi connectivity index (χ0) is 13.1. The van der Waals surface area contributed by atoms with E-state index >= 15 is 0 Å². The standard InChI is InChI=1S/C14H21NOS2/c1-4-17-13-7-5-6-12(13)15-14(16)11-8-9(2)18-10(11)3/h8,12-13H,4-7H2,1-3H3,(H,15,16)/t12-,13+/m0/s1. The van der Waals surface area contributed by atoms with Crippen LogP contribution >= 0.6 is 23.1 Å². The van der Waals surface area contributed by atoms with Crippen LogP contribution in [0, 0.1) is 13.8 Å². The Bertz CT molecular complexity index is 427. The molecule has 1 saturated carbocycles. The average Bonchev–Trinajstić information content (AvgIpc) is 2.87. The Hall–Kier alpha value is -0.480. The summed E-state index contributed by atoms with van der Waals surface area (Å²) in [6, 6.07) is 2.37. The van der Waals surface area contributed by atoms with Crippen molar-refractivity contribution in [1.82, 2.24) is 5.32 Å². The van der Waals surface area contributed by atoms with Crippen molar-refractivity contribution in [3.05, 3.63) is 21.4 Å². The maximum absolute atomic E-state index is 12.3. The van der Waals surface area contributed by atoms with E-state index in [2.05, 4.69) is 19.2 Å². The quantitative estimate of drug-likeness (QED) is 0.911. The van der Waals surface area contributed by atoms with E-state index in [0.717, 1.165) is 22.6 Å². The van der Waals surface area contributed by atoms with Gasteiger partial charge in [-0.3, -0.25) is 4.79 Å². The van der Waals surface area contributed by atoms with Crippen molar-refractivity contribution in [2.24, 2.45) is 0 Å². The van der Waals surface area contributed by atoms with E-state index in [0.29, 0.717) is 11.3 Å². The molecule has 0 saturated heterocycles. The highest BCUT2D eigenvalue weighted by molar-refractivity contribution is 7.99. The van der Waals surface area contributed by atoms with Crippen LogP contribution in [-0.2, 0) is 0 Å². The van der Waals surface area contributed by atoms with Crippen LogP contribution in [0.1, 0.15) is 46.3 Å². The molecule has 100 valence electrons. The fraction of sp³-hybridized carbons (Fsp3) is 0.643. The van der Waals surface area contributed by atoms with Crippen LogP contribution in [0.2, 0.25) is 0 Å². The fourth-order valence-corrected chi connectivity index (χ4v) is 4.73. The van der Waals surface area contributed by atoms with Gasteiger partial charge in [0, 0.05) is 21.0 Å². The minimum Gasteiger partial charge on any atom is -0.348 e. The molecule has 0 aromatic carbocycles. The number of hydrogen-bond donors (Lipinski definition) is 1. The van der Waals surface area contributed by atoms with Gasteiger partial charge in [0.25, 0.3) is 5.91 Å². The van der Waals surface area contributed by atoms with Crippen molar-refractivity contribution < 1.29 is 4.79 Å². The molecule has 1 aliphatic carbocycles. The third-order valence-corrected chi connectivity index (χ3v) is 5.73. The first kappa shape index (κ1) is 13.9. The van der Waals surface area contributed by atoms with Crippen LogP contribution in [0.25, 0.3) is 0 Å². The van der Waals surface area contributed by atoms with E-state index in [-0.39, 0.29) is 5.91 Å². The van der Waals surface area contributed by atoms with Crippen LogP contribution in [0.3, 0.4) is 0 Å². The lowest BCUT2D eigenvalue weighted by Gasteiger charge is -2.20. The summed E-state index contributed by atoms with van der Waals surface area (Å²) >= 11 is 3.68. The van der Waals surface area contributed by atoms with Crippen molar-refractivity contribution in [2.45, 2.75) is 51.3 Å². The van der Waals surface area contributed by atoms with E-state index in [1.165, 1.54) is 17.7 Å². The van der Waals surface area contributed by atoms with Crippen molar-refractivity contribution in [1.29, 1.82) is 0 Å². The lowest BCUT2D eigenvalue weighted by Crippen LogP contribution is -2.38. The number of thiophene rings is 1. The molecule has 0 aliphatic heterocycles. The van der Waals surface area contributed by atoms with E-state index in [1.54, 1.807) is 11.3 Å². The zero-order valence-electron chi connectivity index (χ0n) is 11.3. The highest BCUT2D eigenvalue weighted by atomic mass is 32.2. The van der Waals surface area contributed by atoms with Gasteiger partial charge in [0.15, 0.2) is 0 Å². The predicted molar refractivity (Wildman–Crippen MR) is 80.8 cm³/mol.